The topological polar surface area (TPSA) is 93.2 Å². The number of ether oxygens (including phenoxy) is 1. The minimum Gasteiger partial charge on any atom is -0.479 e. The molecule has 0 heterocycles. The third kappa shape index (κ3) is 4.41. The molecule has 7 heteroatoms. The van der Waals surface area contributed by atoms with E-state index in [-0.39, 0.29) is 28.7 Å². The number of hydrogen-bond donors (Lipinski definition) is 0. The van der Waals surface area contributed by atoms with Gasteiger partial charge in [0, 0.05) is 11.6 Å². The Kier molecular flexibility index (Phi) is 5.66. The molecule has 0 saturated heterocycles. The quantitative estimate of drug-likeness (QED) is 0.341. The van der Waals surface area contributed by atoms with E-state index in [1.807, 2.05) is 6.07 Å². The summed E-state index contributed by atoms with van der Waals surface area (Å²) in [6.45, 7) is -0.0387. The number of halogens is 1. The Bertz CT molecular complexity index is 839. The minimum absolute atomic E-state index is 0.0199. The molecule has 0 atom stereocenters. The summed E-state index contributed by atoms with van der Waals surface area (Å²) in [6.07, 6.45) is 2.90. The molecule has 0 unspecified atom stereocenters. The van der Waals surface area contributed by atoms with Gasteiger partial charge in [-0.15, -0.1) is 0 Å². The largest absolute Gasteiger partial charge is 0.479 e. The lowest BCUT2D eigenvalue weighted by Gasteiger charge is -2.01. The van der Waals surface area contributed by atoms with Crippen molar-refractivity contribution in [3.63, 3.8) is 0 Å². The molecule has 0 aliphatic heterocycles. The first-order valence-corrected chi connectivity index (χ1v) is 7.15. The molecule has 0 aromatic heterocycles. The van der Waals surface area contributed by atoms with Crippen molar-refractivity contribution in [3.05, 3.63) is 74.8 Å². The highest BCUT2D eigenvalue weighted by atomic mass is 35.5. The Balaban J connectivity index is 2.11. The summed E-state index contributed by atoms with van der Waals surface area (Å²) in [5.41, 5.74) is 0.613. The second-order valence-corrected chi connectivity index (χ2v) is 5.04. The molecule has 2 aromatic rings. The molecule has 0 bridgehead atoms. The number of allylic oxidation sites excluding steroid dienone is 1. The van der Waals surface area contributed by atoms with Crippen LogP contribution in [0.3, 0.4) is 0 Å². The molecule has 6 nitrogen and oxygen atoms in total. The third-order valence-electron chi connectivity index (χ3n) is 3.04. The van der Waals surface area contributed by atoms with E-state index >= 15 is 0 Å². The molecule has 24 heavy (non-hydrogen) atoms. The standard InChI is InChI=1S/C17H11ClN2O4/c18-15-7-4-13(11-16(15)20(22)23)17(21)8-3-12-1-5-14(6-2-12)24-10-9-19/h1-8,11H,10H2/b8-3+. The molecule has 2 rings (SSSR count). The van der Waals surface area contributed by atoms with Crippen molar-refractivity contribution < 1.29 is 14.5 Å². The molecule has 120 valence electrons. The Morgan fingerprint density at radius 2 is 2.00 bits per heavy atom. The molecule has 0 aliphatic rings. The van der Waals surface area contributed by atoms with Crippen molar-refractivity contribution in [2.45, 2.75) is 0 Å². The van der Waals surface area contributed by atoms with Crippen LogP contribution in [-0.4, -0.2) is 17.3 Å². The first-order valence-electron chi connectivity index (χ1n) is 6.77. The van der Waals surface area contributed by atoms with E-state index in [9.17, 15) is 14.9 Å². The van der Waals surface area contributed by atoms with E-state index in [1.54, 1.807) is 30.3 Å². The molecule has 0 amide bonds. The van der Waals surface area contributed by atoms with Crippen LogP contribution < -0.4 is 4.74 Å². The van der Waals surface area contributed by atoms with Crippen LogP contribution in [0.15, 0.2) is 48.5 Å². The number of hydrogen-bond acceptors (Lipinski definition) is 5. The van der Waals surface area contributed by atoms with Crippen LogP contribution in [0.4, 0.5) is 5.69 Å². The summed E-state index contributed by atoms with van der Waals surface area (Å²) in [4.78, 5) is 22.3. The molecule has 0 N–H and O–H groups in total. The summed E-state index contributed by atoms with van der Waals surface area (Å²) < 4.78 is 5.12. The number of nitro groups is 1. The van der Waals surface area contributed by atoms with E-state index in [0.717, 1.165) is 11.6 Å². The van der Waals surface area contributed by atoms with Gasteiger partial charge in [-0.2, -0.15) is 5.26 Å². The Labute approximate surface area is 142 Å². The first kappa shape index (κ1) is 17.2. The van der Waals surface area contributed by atoms with Crippen molar-refractivity contribution in [1.82, 2.24) is 0 Å². The molecule has 0 radical (unpaired) electrons. The second kappa shape index (κ2) is 7.90. The predicted octanol–water partition coefficient (Wildman–Crippen LogP) is 4.05. The Hall–Kier alpha value is -3.17. The number of benzene rings is 2. The van der Waals surface area contributed by atoms with Crippen molar-refractivity contribution in [1.29, 1.82) is 5.26 Å². The van der Waals surface area contributed by atoms with Gasteiger partial charge in [-0.25, -0.2) is 0 Å². The van der Waals surface area contributed by atoms with Gasteiger partial charge < -0.3 is 4.74 Å². The maximum Gasteiger partial charge on any atom is 0.288 e. The zero-order valence-electron chi connectivity index (χ0n) is 12.3. The molecule has 0 fully saturated rings. The minimum atomic E-state index is -0.636. The maximum absolute atomic E-state index is 12.1. The summed E-state index contributed by atoms with van der Waals surface area (Å²) >= 11 is 5.72. The smallest absolute Gasteiger partial charge is 0.288 e. The van der Waals surface area contributed by atoms with Crippen molar-refractivity contribution >= 4 is 29.1 Å². The SMILES string of the molecule is N#CCOc1ccc(/C=C/C(=O)c2ccc(Cl)c([N+](=O)[O-])c2)cc1. The van der Waals surface area contributed by atoms with Crippen molar-refractivity contribution in [2.75, 3.05) is 6.61 Å². The highest BCUT2D eigenvalue weighted by molar-refractivity contribution is 6.32. The second-order valence-electron chi connectivity index (χ2n) is 4.64. The summed E-state index contributed by atoms with van der Waals surface area (Å²) in [7, 11) is 0. The average Bonchev–Trinajstić information content (AvgIpc) is 2.59. The highest BCUT2D eigenvalue weighted by Gasteiger charge is 2.14. The van der Waals surface area contributed by atoms with Crippen LogP contribution in [-0.2, 0) is 0 Å². The van der Waals surface area contributed by atoms with E-state index in [2.05, 4.69) is 0 Å². The van der Waals surface area contributed by atoms with Crippen molar-refractivity contribution in [3.8, 4) is 11.8 Å². The lowest BCUT2D eigenvalue weighted by atomic mass is 10.1. The zero-order chi connectivity index (χ0) is 17.5. The average molecular weight is 343 g/mol. The first-order chi connectivity index (χ1) is 11.5. The van der Waals surface area contributed by atoms with E-state index in [1.165, 1.54) is 18.2 Å². The monoisotopic (exact) mass is 342 g/mol. The van der Waals surface area contributed by atoms with Crippen LogP contribution in [0.5, 0.6) is 5.75 Å². The number of nitriles is 1. The van der Waals surface area contributed by atoms with Gasteiger partial charge in [0.15, 0.2) is 12.4 Å². The number of rotatable bonds is 6. The molecule has 0 spiro atoms. The fourth-order valence-electron chi connectivity index (χ4n) is 1.86. The lowest BCUT2D eigenvalue weighted by Crippen LogP contribution is -1.97. The van der Waals surface area contributed by atoms with Crippen LogP contribution in [0.25, 0.3) is 6.08 Å². The van der Waals surface area contributed by atoms with Gasteiger partial charge in [0.05, 0.1) is 4.92 Å². The number of nitro benzene ring substituents is 1. The van der Waals surface area contributed by atoms with Gasteiger partial charge in [-0.3, -0.25) is 14.9 Å². The number of carbonyl (C=O) groups excluding carboxylic acids is 1. The summed E-state index contributed by atoms with van der Waals surface area (Å²) in [5, 5.41) is 19.3. The molecule has 0 saturated carbocycles. The van der Waals surface area contributed by atoms with Crippen LogP contribution in [0.2, 0.25) is 5.02 Å². The molecule has 0 aliphatic carbocycles. The molecule has 2 aromatic carbocycles. The van der Waals surface area contributed by atoms with Crippen LogP contribution in [0.1, 0.15) is 15.9 Å². The summed E-state index contributed by atoms with van der Waals surface area (Å²) in [5.74, 6) is 0.174. The number of nitrogens with zero attached hydrogens (tertiary/aromatic N) is 2. The van der Waals surface area contributed by atoms with Gasteiger partial charge >= 0.3 is 0 Å². The molecular weight excluding hydrogens is 332 g/mol. The highest BCUT2D eigenvalue weighted by Crippen LogP contribution is 2.25. The number of ketones is 1. The predicted molar refractivity (Wildman–Crippen MR) is 89.0 cm³/mol. The van der Waals surface area contributed by atoms with Gasteiger partial charge in [0.1, 0.15) is 16.8 Å². The molecular formula is C17H11ClN2O4. The van der Waals surface area contributed by atoms with E-state index in [0.29, 0.717) is 5.75 Å². The lowest BCUT2D eigenvalue weighted by molar-refractivity contribution is -0.384. The van der Waals surface area contributed by atoms with Gasteiger partial charge in [0.2, 0.25) is 0 Å². The van der Waals surface area contributed by atoms with E-state index in [4.69, 9.17) is 21.6 Å². The fourth-order valence-corrected chi connectivity index (χ4v) is 2.05. The van der Waals surface area contributed by atoms with Crippen LogP contribution in [0, 0.1) is 21.4 Å². The zero-order valence-corrected chi connectivity index (χ0v) is 13.1. The van der Waals surface area contributed by atoms with E-state index < -0.39 is 4.92 Å². The van der Waals surface area contributed by atoms with Gasteiger partial charge in [0.25, 0.3) is 5.69 Å². The van der Waals surface area contributed by atoms with Crippen LogP contribution >= 0.6 is 11.6 Å². The maximum atomic E-state index is 12.1. The Morgan fingerprint density at radius 1 is 1.29 bits per heavy atom. The Morgan fingerprint density at radius 3 is 2.62 bits per heavy atom. The summed E-state index contributed by atoms with van der Waals surface area (Å²) in [6, 6.07) is 12.6. The third-order valence-corrected chi connectivity index (χ3v) is 3.36. The fraction of sp³-hybridized carbons (Fsp3) is 0.0588. The normalized spacial score (nSPS) is 10.3. The van der Waals surface area contributed by atoms with Crippen molar-refractivity contribution in [2.24, 2.45) is 0 Å². The number of carbonyl (C=O) groups is 1. The van der Waals surface area contributed by atoms with Gasteiger partial charge in [-0.1, -0.05) is 29.8 Å². The van der Waals surface area contributed by atoms with Gasteiger partial charge in [-0.05, 0) is 35.9 Å².